The molecule has 0 saturated carbocycles. The second-order valence-corrected chi connectivity index (χ2v) is 6.63. The molecule has 144 valence electrons. The quantitative estimate of drug-likeness (QED) is 0.453. The zero-order valence-electron chi connectivity index (χ0n) is 14.4. The number of carboxylic acids is 1. The van der Waals surface area contributed by atoms with Crippen molar-refractivity contribution >= 4 is 35.0 Å². The molecular formula is C20H15ClFNO5. The third-order valence-corrected chi connectivity index (χ3v) is 4.64. The van der Waals surface area contributed by atoms with E-state index in [4.69, 9.17) is 16.7 Å². The van der Waals surface area contributed by atoms with E-state index in [9.17, 15) is 23.9 Å². The number of aliphatic carboxylic acids is 1. The van der Waals surface area contributed by atoms with Gasteiger partial charge in [0.2, 0.25) is 0 Å². The van der Waals surface area contributed by atoms with Gasteiger partial charge in [-0.3, -0.25) is 14.4 Å². The van der Waals surface area contributed by atoms with Crippen LogP contribution < -0.4 is 0 Å². The Morgan fingerprint density at radius 3 is 2.39 bits per heavy atom. The Balaban J connectivity index is 2.16. The average molecular weight is 404 g/mol. The molecule has 2 aromatic carbocycles. The van der Waals surface area contributed by atoms with Gasteiger partial charge < -0.3 is 15.1 Å². The fourth-order valence-electron chi connectivity index (χ4n) is 3.11. The van der Waals surface area contributed by atoms with Gasteiger partial charge in [0.25, 0.3) is 11.7 Å². The monoisotopic (exact) mass is 403 g/mol. The van der Waals surface area contributed by atoms with Gasteiger partial charge in [0.15, 0.2) is 0 Å². The lowest BCUT2D eigenvalue weighted by Crippen LogP contribution is -2.31. The number of likely N-dealkylation sites (tertiary alicyclic amines) is 1. The highest BCUT2D eigenvalue weighted by Crippen LogP contribution is 2.39. The Morgan fingerprint density at radius 1 is 1.11 bits per heavy atom. The lowest BCUT2D eigenvalue weighted by molar-refractivity contribution is -0.142. The third kappa shape index (κ3) is 3.75. The SMILES string of the molecule is O=C(O)CCN1C(=O)C(=O)/C(=C(\O)c2ccc(Cl)cc2)C1c1cccc(F)c1. The molecule has 8 heteroatoms. The number of aliphatic hydroxyl groups excluding tert-OH is 1. The molecule has 1 aliphatic heterocycles. The molecule has 1 fully saturated rings. The standard InChI is InChI=1S/C20H15ClFNO5/c21-13-6-4-11(5-7-13)18(26)16-17(12-2-1-3-14(22)10-12)23(9-8-15(24)25)20(28)19(16)27/h1-7,10,17,26H,8-9H2,(H,24,25)/b18-16-. The molecule has 1 heterocycles. The molecule has 3 rings (SSSR count). The Labute approximate surface area is 164 Å². The number of carbonyl (C=O) groups is 3. The summed E-state index contributed by atoms with van der Waals surface area (Å²) in [6, 6.07) is 10.1. The van der Waals surface area contributed by atoms with E-state index < -0.39 is 41.7 Å². The highest BCUT2D eigenvalue weighted by atomic mass is 35.5. The summed E-state index contributed by atoms with van der Waals surface area (Å²) < 4.78 is 13.8. The van der Waals surface area contributed by atoms with Gasteiger partial charge >= 0.3 is 5.97 Å². The zero-order valence-corrected chi connectivity index (χ0v) is 15.2. The number of carbonyl (C=O) groups excluding carboxylic acids is 2. The van der Waals surface area contributed by atoms with E-state index in [0.717, 1.165) is 11.0 Å². The molecule has 2 aromatic rings. The second-order valence-electron chi connectivity index (χ2n) is 6.20. The minimum atomic E-state index is -1.16. The first-order valence-electron chi connectivity index (χ1n) is 8.31. The molecule has 1 saturated heterocycles. The molecule has 1 aliphatic rings. The number of Topliss-reactive ketones (excluding diaryl/α,β-unsaturated/α-hetero) is 1. The lowest BCUT2D eigenvalue weighted by atomic mass is 9.95. The highest BCUT2D eigenvalue weighted by Gasteiger charge is 2.46. The molecule has 28 heavy (non-hydrogen) atoms. The summed E-state index contributed by atoms with van der Waals surface area (Å²) in [5.74, 6) is -4.11. The summed E-state index contributed by atoms with van der Waals surface area (Å²) in [6.07, 6.45) is -0.403. The molecule has 6 nitrogen and oxygen atoms in total. The summed E-state index contributed by atoms with van der Waals surface area (Å²) in [7, 11) is 0. The van der Waals surface area contributed by atoms with Crippen LogP contribution in [0, 0.1) is 5.82 Å². The Hall–Kier alpha value is -3.19. The van der Waals surface area contributed by atoms with Gasteiger partial charge in [-0.25, -0.2) is 4.39 Å². The van der Waals surface area contributed by atoms with Crippen molar-refractivity contribution in [2.75, 3.05) is 6.54 Å². The Kier molecular flexibility index (Phi) is 5.46. The van der Waals surface area contributed by atoms with Crippen LogP contribution in [0.5, 0.6) is 0 Å². The summed E-state index contributed by atoms with van der Waals surface area (Å²) >= 11 is 5.84. The normalized spacial score (nSPS) is 18.5. The number of aliphatic hydroxyl groups is 1. The molecule has 0 bridgehead atoms. The summed E-state index contributed by atoms with van der Waals surface area (Å²) in [6.45, 7) is -0.265. The summed E-state index contributed by atoms with van der Waals surface area (Å²) in [5, 5.41) is 20.1. The topological polar surface area (TPSA) is 94.9 Å². The molecule has 0 spiro atoms. The molecule has 0 aromatic heterocycles. The number of halogens is 2. The predicted octanol–water partition coefficient (Wildman–Crippen LogP) is 3.38. The van der Waals surface area contributed by atoms with E-state index in [2.05, 4.69) is 0 Å². The summed E-state index contributed by atoms with van der Waals surface area (Å²) in [5.41, 5.74) is 0.269. The minimum absolute atomic E-state index is 0.233. The number of amides is 1. The van der Waals surface area contributed by atoms with Crippen molar-refractivity contribution in [1.82, 2.24) is 4.90 Å². The first-order chi connectivity index (χ1) is 13.3. The van der Waals surface area contributed by atoms with Gasteiger partial charge in [-0.15, -0.1) is 0 Å². The molecule has 1 atom stereocenters. The number of carboxylic acid groups (broad SMARTS) is 1. The van der Waals surface area contributed by atoms with Crippen LogP contribution in [0.4, 0.5) is 4.39 Å². The molecule has 2 N–H and O–H groups in total. The van der Waals surface area contributed by atoms with E-state index in [-0.39, 0.29) is 23.2 Å². The van der Waals surface area contributed by atoms with Gasteiger partial charge in [-0.05, 0) is 42.0 Å². The summed E-state index contributed by atoms with van der Waals surface area (Å²) in [4.78, 5) is 37.1. The van der Waals surface area contributed by atoms with Crippen LogP contribution in [0.25, 0.3) is 5.76 Å². The first kappa shape index (κ1) is 19.6. The number of hydrogen-bond donors (Lipinski definition) is 2. The number of hydrogen-bond acceptors (Lipinski definition) is 4. The van der Waals surface area contributed by atoms with Gasteiger partial charge in [0.1, 0.15) is 11.6 Å². The van der Waals surface area contributed by atoms with E-state index in [1.54, 1.807) is 0 Å². The van der Waals surface area contributed by atoms with Crippen LogP contribution in [-0.2, 0) is 14.4 Å². The van der Waals surface area contributed by atoms with Gasteiger partial charge in [-0.1, -0.05) is 23.7 Å². The van der Waals surface area contributed by atoms with Crippen LogP contribution in [0.15, 0.2) is 54.1 Å². The molecular weight excluding hydrogens is 389 g/mol. The van der Waals surface area contributed by atoms with Crippen molar-refractivity contribution in [3.63, 3.8) is 0 Å². The average Bonchev–Trinajstić information content (AvgIpc) is 2.91. The number of rotatable bonds is 5. The Morgan fingerprint density at radius 2 is 1.79 bits per heavy atom. The zero-order chi connectivity index (χ0) is 20.4. The fraction of sp³-hybridized carbons (Fsp3) is 0.150. The molecule has 0 aliphatic carbocycles. The smallest absolute Gasteiger partial charge is 0.305 e. The van der Waals surface area contributed by atoms with Crippen molar-refractivity contribution in [2.24, 2.45) is 0 Å². The molecule has 1 unspecified atom stereocenters. The maximum atomic E-state index is 13.8. The maximum absolute atomic E-state index is 13.8. The number of ketones is 1. The van der Waals surface area contributed by atoms with Crippen molar-refractivity contribution in [3.8, 4) is 0 Å². The number of nitrogens with zero attached hydrogens (tertiary/aromatic N) is 1. The molecule has 0 radical (unpaired) electrons. The van der Waals surface area contributed by atoms with Crippen molar-refractivity contribution < 1.29 is 29.0 Å². The van der Waals surface area contributed by atoms with Crippen LogP contribution in [0.1, 0.15) is 23.6 Å². The van der Waals surface area contributed by atoms with Gasteiger partial charge in [0.05, 0.1) is 18.0 Å². The molecule has 1 amide bonds. The van der Waals surface area contributed by atoms with E-state index in [0.29, 0.717) is 5.02 Å². The van der Waals surface area contributed by atoms with Crippen LogP contribution in [0.2, 0.25) is 5.02 Å². The van der Waals surface area contributed by atoms with Crippen LogP contribution in [-0.4, -0.2) is 39.3 Å². The lowest BCUT2D eigenvalue weighted by Gasteiger charge is -2.24. The van der Waals surface area contributed by atoms with Crippen molar-refractivity contribution in [1.29, 1.82) is 0 Å². The number of benzene rings is 2. The van der Waals surface area contributed by atoms with Gasteiger partial charge in [0, 0.05) is 17.1 Å². The van der Waals surface area contributed by atoms with Crippen molar-refractivity contribution in [3.05, 3.63) is 76.1 Å². The van der Waals surface area contributed by atoms with E-state index in [1.165, 1.54) is 42.5 Å². The Bertz CT molecular complexity index is 986. The largest absolute Gasteiger partial charge is 0.507 e. The van der Waals surface area contributed by atoms with Crippen LogP contribution >= 0.6 is 11.6 Å². The predicted molar refractivity (Wildman–Crippen MR) is 99.1 cm³/mol. The van der Waals surface area contributed by atoms with E-state index in [1.807, 2.05) is 0 Å². The second kappa shape index (κ2) is 7.82. The highest BCUT2D eigenvalue weighted by molar-refractivity contribution is 6.46. The van der Waals surface area contributed by atoms with Crippen LogP contribution in [0.3, 0.4) is 0 Å². The minimum Gasteiger partial charge on any atom is -0.507 e. The first-order valence-corrected chi connectivity index (χ1v) is 8.69. The van der Waals surface area contributed by atoms with Gasteiger partial charge in [-0.2, -0.15) is 0 Å². The third-order valence-electron chi connectivity index (χ3n) is 4.39. The fourth-order valence-corrected chi connectivity index (χ4v) is 3.24. The van der Waals surface area contributed by atoms with E-state index >= 15 is 0 Å². The van der Waals surface area contributed by atoms with Crippen molar-refractivity contribution in [2.45, 2.75) is 12.5 Å². The maximum Gasteiger partial charge on any atom is 0.305 e.